The van der Waals surface area contributed by atoms with Crippen LogP contribution in [0.3, 0.4) is 0 Å². The Hall–Kier alpha value is -2.25. The molecule has 1 fully saturated rings. The smallest absolute Gasteiger partial charge is 0.407 e. The number of hydrogen-bond acceptors (Lipinski definition) is 3. The number of amides is 2. The molecule has 8 heteroatoms. The van der Waals surface area contributed by atoms with Crippen LogP contribution in [0, 0.1) is 17.5 Å². The van der Waals surface area contributed by atoms with E-state index >= 15 is 0 Å². The van der Waals surface area contributed by atoms with E-state index in [0.717, 1.165) is 0 Å². The lowest BCUT2D eigenvalue weighted by molar-refractivity contribution is 0.0501. The van der Waals surface area contributed by atoms with Crippen molar-refractivity contribution < 1.29 is 27.5 Å². The van der Waals surface area contributed by atoms with Crippen molar-refractivity contribution in [3.8, 4) is 0 Å². The maximum absolute atomic E-state index is 13.7. The van der Waals surface area contributed by atoms with Crippen LogP contribution in [0.5, 0.6) is 0 Å². The Morgan fingerprint density at radius 1 is 1.21 bits per heavy atom. The number of nitrogens with zero attached hydrogens (tertiary/aromatic N) is 1. The van der Waals surface area contributed by atoms with Crippen molar-refractivity contribution >= 4 is 12.0 Å². The Morgan fingerprint density at radius 3 is 2.46 bits per heavy atom. The third-order valence-electron chi connectivity index (χ3n) is 3.45. The van der Waals surface area contributed by atoms with Gasteiger partial charge in [-0.3, -0.25) is 4.79 Å². The Bertz CT molecular complexity index is 659. The number of nitrogens with one attached hydrogen (secondary N) is 1. The summed E-state index contributed by atoms with van der Waals surface area (Å²) in [4.78, 5) is 25.1. The van der Waals surface area contributed by atoms with Crippen molar-refractivity contribution in [3.05, 3.63) is 35.1 Å². The molecular formula is C16H19F3N2O3. The molecule has 2 amide bonds. The van der Waals surface area contributed by atoms with E-state index in [4.69, 9.17) is 4.74 Å². The van der Waals surface area contributed by atoms with E-state index in [0.29, 0.717) is 18.6 Å². The molecule has 2 rings (SSSR count). The molecule has 132 valence electrons. The molecule has 5 nitrogen and oxygen atoms in total. The van der Waals surface area contributed by atoms with Crippen LogP contribution in [0.2, 0.25) is 0 Å². The van der Waals surface area contributed by atoms with Gasteiger partial charge in [-0.05, 0) is 39.3 Å². The lowest BCUT2D eigenvalue weighted by Crippen LogP contribution is -2.41. The van der Waals surface area contributed by atoms with Gasteiger partial charge in [0.05, 0.1) is 6.04 Å². The number of rotatable bonds is 2. The second kappa shape index (κ2) is 6.70. The molecule has 1 aromatic carbocycles. The standard InChI is InChI=1S/C16H19F3N2O3/c1-16(2,3)24-15(23)20-9-6-7-21(8-9)14(22)12-10(17)4-5-11(18)13(12)19/h4-5,9H,6-8H2,1-3H3,(H,20,23)/t9-/m0/s1. The van der Waals surface area contributed by atoms with E-state index in [1.165, 1.54) is 4.90 Å². The van der Waals surface area contributed by atoms with E-state index in [9.17, 15) is 22.8 Å². The predicted molar refractivity (Wildman–Crippen MR) is 80.0 cm³/mol. The third kappa shape index (κ3) is 4.18. The van der Waals surface area contributed by atoms with Gasteiger partial charge in [-0.1, -0.05) is 0 Å². The molecule has 0 unspecified atom stereocenters. The Balaban J connectivity index is 2.02. The van der Waals surface area contributed by atoms with Crippen molar-refractivity contribution in [2.75, 3.05) is 13.1 Å². The van der Waals surface area contributed by atoms with Crippen LogP contribution in [0.15, 0.2) is 12.1 Å². The minimum atomic E-state index is -1.51. The van der Waals surface area contributed by atoms with Gasteiger partial charge in [0.1, 0.15) is 17.0 Å². The van der Waals surface area contributed by atoms with Gasteiger partial charge < -0.3 is 15.0 Å². The number of carbonyl (C=O) groups excluding carboxylic acids is 2. The van der Waals surface area contributed by atoms with Crippen LogP contribution >= 0.6 is 0 Å². The molecule has 0 bridgehead atoms. The number of halogens is 3. The highest BCUT2D eigenvalue weighted by Gasteiger charge is 2.32. The van der Waals surface area contributed by atoms with E-state index in [2.05, 4.69) is 5.32 Å². The van der Waals surface area contributed by atoms with Gasteiger partial charge in [0.15, 0.2) is 11.6 Å². The van der Waals surface area contributed by atoms with Gasteiger partial charge in [0.2, 0.25) is 0 Å². The summed E-state index contributed by atoms with van der Waals surface area (Å²) < 4.78 is 45.7. The number of benzene rings is 1. The van der Waals surface area contributed by atoms with Crippen LogP contribution in [0.25, 0.3) is 0 Å². The summed E-state index contributed by atoms with van der Waals surface area (Å²) in [5.41, 5.74) is -1.58. The second-order valence-electron chi connectivity index (χ2n) is 6.60. The van der Waals surface area contributed by atoms with Gasteiger partial charge in [-0.2, -0.15) is 0 Å². The maximum atomic E-state index is 13.7. The Morgan fingerprint density at radius 2 is 1.83 bits per heavy atom. The van der Waals surface area contributed by atoms with E-state index in [1.807, 2.05) is 0 Å². The molecule has 1 aliphatic rings. The quantitative estimate of drug-likeness (QED) is 0.840. The zero-order valence-electron chi connectivity index (χ0n) is 13.7. The number of alkyl carbamates (subject to hydrolysis) is 1. The molecular weight excluding hydrogens is 325 g/mol. The molecule has 24 heavy (non-hydrogen) atoms. The van der Waals surface area contributed by atoms with Crippen molar-refractivity contribution in [2.24, 2.45) is 0 Å². The van der Waals surface area contributed by atoms with E-state index in [1.54, 1.807) is 20.8 Å². The maximum Gasteiger partial charge on any atom is 0.407 e. The molecule has 1 N–H and O–H groups in total. The SMILES string of the molecule is CC(C)(C)OC(=O)N[C@H]1CCN(C(=O)c2c(F)ccc(F)c2F)C1. The summed E-state index contributed by atoms with van der Waals surface area (Å²) in [6, 6.07) is 0.930. The van der Waals surface area contributed by atoms with Gasteiger partial charge in [-0.25, -0.2) is 18.0 Å². The van der Waals surface area contributed by atoms with Gasteiger partial charge in [-0.15, -0.1) is 0 Å². The van der Waals surface area contributed by atoms with Crippen LogP contribution < -0.4 is 5.32 Å². The minimum absolute atomic E-state index is 0.0630. The largest absolute Gasteiger partial charge is 0.444 e. The van der Waals surface area contributed by atoms with Crippen molar-refractivity contribution in [2.45, 2.75) is 38.8 Å². The molecule has 0 aromatic heterocycles. The number of ether oxygens (including phenoxy) is 1. The molecule has 0 saturated carbocycles. The highest BCUT2D eigenvalue weighted by Crippen LogP contribution is 2.21. The van der Waals surface area contributed by atoms with Crippen LogP contribution in [0.1, 0.15) is 37.6 Å². The average Bonchev–Trinajstić information content (AvgIpc) is 2.89. The predicted octanol–water partition coefficient (Wildman–Crippen LogP) is 2.84. The number of likely N-dealkylation sites (tertiary alicyclic amines) is 1. The summed E-state index contributed by atoms with van der Waals surface area (Å²) in [7, 11) is 0. The Kier molecular flexibility index (Phi) is 5.05. The average molecular weight is 344 g/mol. The van der Waals surface area contributed by atoms with Crippen LogP contribution in [-0.2, 0) is 4.74 Å². The first kappa shape index (κ1) is 18.1. The van der Waals surface area contributed by atoms with Gasteiger partial charge in [0.25, 0.3) is 5.91 Å². The minimum Gasteiger partial charge on any atom is -0.444 e. The normalized spacial score (nSPS) is 17.8. The van der Waals surface area contributed by atoms with Crippen LogP contribution in [-0.4, -0.2) is 41.6 Å². The summed E-state index contributed by atoms with van der Waals surface area (Å²) >= 11 is 0. The zero-order chi connectivity index (χ0) is 18.1. The lowest BCUT2D eigenvalue weighted by Gasteiger charge is -2.22. The Labute approximate surface area is 137 Å². The number of carbonyl (C=O) groups is 2. The molecule has 1 heterocycles. The monoisotopic (exact) mass is 344 g/mol. The molecule has 0 radical (unpaired) electrons. The molecule has 1 aromatic rings. The number of hydrogen-bond donors (Lipinski definition) is 1. The summed E-state index contributed by atoms with van der Waals surface area (Å²) in [6.07, 6.45) is -0.228. The van der Waals surface area contributed by atoms with E-state index in [-0.39, 0.29) is 13.1 Å². The highest BCUT2D eigenvalue weighted by molar-refractivity contribution is 5.95. The molecule has 1 atom stereocenters. The third-order valence-corrected chi connectivity index (χ3v) is 3.45. The van der Waals surface area contributed by atoms with Crippen molar-refractivity contribution in [1.82, 2.24) is 10.2 Å². The first-order chi connectivity index (χ1) is 11.1. The fourth-order valence-corrected chi connectivity index (χ4v) is 2.42. The van der Waals surface area contributed by atoms with Gasteiger partial charge >= 0.3 is 6.09 Å². The van der Waals surface area contributed by atoms with Gasteiger partial charge in [0, 0.05) is 13.1 Å². The highest BCUT2D eigenvalue weighted by atomic mass is 19.2. The first-order valence-corrected chi connectivity index (χ1v) is 7.51. The zero-order valence-corrected chi connectivity index (χ0v) is 13.7. The molecule has 0 aliphatic carbocycles. The van der Waals surface area contributed by atoms with E-state index < -0.39 is 46.7 Å². The summed E-state index contributed by atoms with van der Waals surface area (Å²) in [5, 5.41) is 2.60. The lowest BCUT2D eigenvalue weighted by atomic mass is 10.1. The fraction of sp³-hybridized carbons (Fsp3) is 0.500. The fourth-order valence-electron chi connectivity index (χ4n) is 2.42. The van der Waals surface area contributed by atoms with Crippen molar-refractivity contribution in [1.29, 1.82) is 0 Å². The van der Waals surface area contributed by atoms with Crippen molar-refractivity contribution in [3.63, 3.8) is 0 Å². The topological polar surface area (TPSA) is 58.6 Å². The summed E-state index contributed by atoms with van der Waals surface area (Å²) in [6.45, 7) is 5.40. The molecule has 1 aliphatic heterocycles. The summed E-state index contributed by atoms with van der Waals surface area (Å²) in [5.74, 6) is -4.87. The first-order valence-electron chi connectivity index (χ1n) is 7.51. The molecule has 0 spiro atoms. The molecule has 1 saturated heterocycles. The second-order valence-corrected chi connectivity index (χ2v) is 6.60. The van der Waals surface area contributed by atoms with Crippen LogP contribution in [0.4, 0.5) is 18.0 Å².